The molecule has 0 radical (unpaired) electrons. The third kappa shape index (κ3) is 3.63. The molecule has 0 saturated heterocycles. The standard InChI is InChI=1S/C9H17N3S/c1-6(2)4-7(3)11-9-5-8(10)12-13-9/h5-7,11H,4H2,1-3H3,(H2,10,12). The molecule has 1 unspecified atom stereocenters. The molecule has 74 valence electrons. The Morgan fingerprint density at radius 3 is 2.69 bits per heavy atom. The molecular weight excluding hydrogens is 182 g/mol. The molecule has 1 heterocycles. The first kappa shape index (κ1) is 10.3. The molecular formula is C9H17N3S. The van der Waals surface area contributed by atoms with Gasteiger partial charge in [0.2, 0.25) is 0 Å². The summed E-state index contributed by atoms with van der Waals surface area (Å²) >= 11 is 1.42. The monoisotopic (exact) mass is 199 g/mol. The second kappa shape index (κ2) is 4.46. The van der Waals surface area contributed by atoms with Gasteiger partial charge in [-0.15, -0.1) is 0 Å². The molecule has 0 aliphatic rings. The van der Waals surface area contributed by atoms with Crippen LogP contribution < -0.4 is 11.1 Å². The normalized spacial score (nSPS) is 13.2. The van der Waals surface area contributed by atoms with Crippen molar-refractivity contribution in [2.75, 3.05) is 11.1 Å². The predicted molar refractivity (Wildman–Crippen MR) is 59.1 cm³/mol. The Morgan fingerprint density at radius 2 is 2.23 bits per heavy atom. The number of nitrogens with zero attached hydrogens (tertiary/aromatic N) is 1. The minimum atomic E-state index is 0.486. The van der Waals surface area contributed by atoms with Gasteiger partial charge in [0.1, 0.15) is 10.8 Å². The lowest BCUT2D eigenvalue weighted by atomic mass is 10.1. The highest BCUT2D eigenvalue weighted by molar-refractivity contribution is 7.10. The van der Waals surface area contributed by atoms with Crippen LogP contribution in [0, 0.1) is 5.92 Å². The van der Waals surface area contributed by atoms with Crippen molar-refractivity contribution in [3.05, 3.63) is 6.07 Å². The van der Waals surface area contributed by atoms with Crippen LogP contribution in [0.25, 0.3) is 0 Å². The van der Waals surface area contributed by atoms with E-state index in [0.29, 0.717) is 17.8 Å². The highest BCUT2D eigenvalue weighted by Gasteiger charge is 2.06. The topological polar surface area (TPSA) is 50.9 Å². The van der Waals surface area contributed by atoms with Crippen LogP contribution in [0.2, 0.25) is 0 Å². The lowest BCUT2D eigenvalue weighted by Gasteiger charge is -2.14. The first-order chi connectivity index (χ1) is 6.08. The minimum absolute atomic E-state index is 0.486. The largest absolute Gasteiger partial charge is 0.383 e. The minimum Gasteiger partial charge on any atom is -0.383 e. The van der Waals surface area contributed by atoms with Gasteiger partial charge in [-0.2, -0.15) is 4.37 Å². The lowest BCUT2D eigenvalue weighted by Crippen LogP contribution is -2.16. The second-order valence-corrected chi connectivity index (χ2v) is 4.60. The Bertz CT molecular complexity index is 257. The fraction of sp³-hybridized carbons (Fsp3) is 0.667. The maximum Gasteiger partial charge on any atom is 0.139 e. The molecule has 0 amide bonds. The SMILES string of the molecule is CC(C)CC(C)Nc1cc(N)ns1. The zero-order valence-corrected chi connectivity index (χ0v) is 9.19. The average Bonchev–Trinajstić information content (AvgIpc) is 2.33. The number of aromatic nitrogens is 1. The lowest BCUT2D eigenvalue weighted by molar-refractivity contribution is 0.540. The fourth-order valence-electron chi connectivity index (χ4n) is 1.37. The molecule has 13 heavy (non-hydrogen) atoms. The van der Waals surface area contributed by atoms with Gasteiger partial charge in [-0.25, -0.2) is 0 Å². The summed E-state index contributed by atoms with van der Waals surface area (Å²) in [5.41, 5.74) is 5.51. The average molecular weight is 199 g/mol. The molecule has 4 heteroatoms. The van der Waals surface area contributed by atoms with Crippen molar-refractivity contribution in [1.82, 2.24) is 4.37 Å². The van der Waals surface area contributed by atoms with E-state index in [2.05, 4.69) is 30.5 Å². The van der Waals surface area contributed by atoms with Crippen LogP contribution in [0.5, 0.6) is 0 Å². The molecule has 0 saturated carbocycles. The van der Waals surface area contributed by atoms with E-state index in [0.717, 1.165) is 11.4 Å². The van der Waals surface area contributed by atoms with E-state index in [1.165, 1.54) is 11.5 Å². The van der Waals surface area contributed by atoms with Crippen LogP contribution >= 0.6 is 11.5 Å². The zero-order chi connectivity index (χ0) is 9.84. The quantitative estimate of drug-likeness (QED) is 0.783. The summed E-state index contributed by atoms with van der Waals surface area (Å²) in [4.78, 5) is 0. The molecule has 0 spiro atoms. The van der Waals surface area contributed by atoms with E-state index in [1.54, 1.807) is 0 Å². The van der Waals surface area contributed by atoms with E-state index < -0.39 is 0 Å². The van der Waals surface area contributed by atoms with Gasteiger partial charge < -0.3 is 11.1 Å². The second-order valence-electron chi connectivity index (χ2n) is 3.79. The van der Waals surface area contributed by atoms with Crippen LogP contribution in [-0.2, 0) is 0 Å². The van der Waals surface area contributed by atoms with Crippen molar-refractivity contribution in [2.24, 2.45) is 5.92 Å². The Balaban J connectivity index is 2.40. The van der Waals surface area contributed by atoms with Gasteiger partial charge in [0, 0.05) is 12.1 Å². The summed E-state index contributed by atoms with van der Waals surface area (Å²) < 4.78 is 4.01. The third-order valence-electron chi connectivity index (χ3n) is 1.74. The first-order valence-electron chi connectivity index (χ1n) is 4.56. The number of nitrogens with two attached hydrogens (primary N) is 1. The maximum absolute atomic E-state index is 5.51. The molecule has 0 aliphatic heterocycles. The summed E-state index contributed by atoms with van der Waals surface area (Å²) in [5, 5.41) is 4.43. The Morgan fingerprint density at radius 1 is 1.54 bits per heavy atom. The van der Waals surface area contributed by atoms with Gasteiger partial charge in [0.05, 0.1) is 0 Å². The van der Waals surface area contributed by atoms with Gasteiger partial charge >= 0.3 is 0 Å². The van der Waals surface area contributed by atoms with Gasteiger partial charge in [-0.1, -0.05) is 13.8 Å². The molecule has 3 N–H and O–H groups in total. The molecule has 1 rings (SSSR count). The molecule has 0 aliphatic carbocycles. The van der Waals surface area contributed by atoms with Crippen LogP contribution in [0.15, 0.2) is 6.07 Å². The van der Waals surface area contributed by atoms with E-state index >= 15 is 0 Å². The Hall–Kier alpha value is -0.770. The van der Waals surface area contributed by atoms with E-state index in [4.69, 9.17) is 5.73 Å². The van der Waals surface area contributed by atoms with E-state index in [-0.39, 0.29) is 0 Å². The van der Waals surface area contributed by atoms with E-state index in [1.807, 2.05) is 6.07 Å². The van der Waals surface area contributed by atoms with Crippen molar-refractivity contribution < 1.29 is 0 Å². The molecule has 0 bridgehead atoms. The summed E-state index contributed by atoms with van der Waals surface area (Å²) in [6.45, 7) is 6.62. The molecule has 1 aromatic rings. The van der Waals surface area contributed by atoms with Gasteiger partial charge in [-0.3, -0.25) is 0 Å². The molecule has 0 fully saturated rings. The Labute approximate surface area is 83.5 Å². The summed E-state index contributed by atoms with van der Waals surface area (Å²) in [7, 11) is 0. The first-order valence-corrected chi connectivity index (χ1v) is 5.34. The van der Waals surface area contributed by atoms with E-state index in [9.17, 15) is 0 Å². The highest BCUT2D eigenvalue weighted by atomic mass is 32.1. The van der Waals surface area contributed by atoms with Crippen molar-refractivity contribution >= 4 is 22.4 Å². The predicted octanol–water partition coefficient (Wildman–Crippen LogP) is 2.57. The molecule has 1 atom stereocenters. The summed E-state index contributed by atoms with van der Waals surface area (Å²) in [6, 6.07) is 2.36. The number of hydrogen-bond acceptors (Lipinski definition) is 4. The van der Waals surface area contributed by atoms with Crippen LogP contribution in [0.4, 0.5) is 10.8 Å². The number of nitrogen functional groups attached to an aromatic ring is 1. The van der Waals surface area contributed by atoms with Crippen LogP contribution in [0.1, 0.15) is 27.2 Å². The third-order valence-corrected chi connectivity index (χ3v) is 2.48. The fourth-order valence-corrected chi connectivity index (χ4v) is 2.05. The van der Waals surface area contributed by atoms with Crippen LogP contribution in [-0.4, -0.2) is 10.4 Å². The van der Waals surface area contributed by atoms with Crippen LogP contribution in [0.3, 0.4) is 0 Å². The Kier molecular flexibility index (Phi) is 3.54. The van der Waals surface area contributed by atoms with Crippen molar-refractivity contribution in [1.29, 1.82) is 0 Å². The number of hydrogen-bond donors (Lipinski definition) is 2. The zero-order valence-electron chi connectivity index (χ0n) is 8.37. The summed E-state index contributed by atoms with van der Waals surface area (Å²) in [6.07, 6.45) is 1.16. The molecule has 1 aromatic heterocycles. The smallest absolute Gasteiger partial charge is 0.139 e. The highest BCUT2D eigenvalue weighted by Crippen LogP contribution is 2.19. The van der Waals surface area contributed by atoms with Crippen molar-refractivity contribution in [3.63, 3.8) is 0 Å². The number of nitrogens with one attached hydrogen (secondary N) is 1. The van der Waals surface area contributed by atoms with Gasteiger partial charge in [0.15, 0.2) is 0 Å². The van der Waals surface area contributed by atoms with Gasteiger partial charge in [-0.05, 0) is 30.8 Å². The van der Waals surface area contributed by atoms with Gasteiger partial charge in [0.25, 0.3) is 0 Å². The van der Waals surface area contributed by atoms with Crippen molar-refractivity contribution in [3.8, 4) is 0 Å². The summed E-state index contributed by atoms with van der Waals surface area (Å²) in [5.74, 6) is 1.32. The molecule has 0 aromatic carbocycles. The maximum atomic E-state index is 5.51. The van der Waals surface area contributed by atoms with Crippen molar-refractivity contribution in [2.45, 2.75) is 33.2 Å². The number of rotatable bonds is 4. The number of anilines is 2. The molecule has 3 nitrogen and oxygen atoms in total.